The number of carbonyl (C=O) groups is 1. The first kappa shape index (κ1) is 19.6. The third kappa shape index (κ3) is 6.22. The summed E-state index contributed by atoms with van der Waals surface area (Å²) in [4.78, 5) is 15.9. The molecule has 0 spiro atoms. The summed E-state index contributed by atoms with van der Waals surface area (Å²) in [6.45, 7) is 4.87. The van der Waals surface area contributed by atoms with Gasteiger partial charge in [0, 0.05) is 24.1 Å². The Morgan fingerprint density at radius 3 is 2.85 bits per heavy atom. The normalized spacial score (nSPS) is 16.7. The van der Waals surface area contributed by atoms with E-state index >= 15 is 0 Å². The minimum atomic E-state index is 0.0187. The number of hydrogen-bond acceptors (Lipinski definition) is 4. The second kappa shape index (κ2) is 10.3. The molecule has 2 aromatic rings. The van der Waals surface area contributed by atoms with Crippen LogP contribution in [-0.4, -0.2) is 36.7 Å². The Morgan fingerprint density at radius 1 is 1.33 bits per heavy atom. The zero-order valence-electron chi connectivity index (χ0n) is 15.8. The quantitative estimate of drug-likeness (QED) is 0.584. The summed E-state index contributed by atoms with van der Waals surface area (Å²) in [6.07, 6.45) is 6.76. The summed E-state index contributed by atoms with van der Waals surface area (Å²) < 4.78 is 11.3. The third-order valence-electron chi connectivity index (χ3n) is 4.46. The van der Waals surface area contributed by atoms with Crippen molar-refractivity contribution in [2.24, 2.45) is 0 Å². The lowest BCUT2D eigenvalue weighted by atomic mass is 10.2. The van der Waals surface area contributed by atoms with Crippen molar-refractivity contribution in [1.29, 1.82) is 0 Å². The van der Waals surface area contributed by atoms with Gasteiger partial charge in [0.05, 0.1) is 19.3 Å². The van der Waals surface area contributed by atoms with E-state index in [1.54, 1.807) is 17.4 Å². The molecule has 4 nitrogen and oxygen atoms in total. The first-order valence-corrected chi connectivity index (χ1v) is 10.5. The lowest BCUT2D eigenvalue weighted by Gasteiger charge is -2.23. The summed E-state index contributed by atoms with van der Waals surface area (Å²) in [6, 6.07) is 11.9. The summed E-state index contributed by atoms with van der Waals surface area (Å²) in [5.41, 5.74) is 0.986. The lowest BCUT2D eigenvalue weighted by Crippen LogP contribution is -2.35. The molecule has 1 fully saturated rings. The molecule has 0 bridgehead atoms. The molecule has 1 saturated heterocycles. The van der Waals surface area contributed by atoms with E-state index in [0.29, 0.717) is 19.7 Å². The Bertz CT molecular complexity index is 719. The number of nitrogens with zero attached hydrogens (tertiary/aromatic N) is 1. The van der Waals surface area contributed by atoms with Gasteiger partial charge in [-0.05, 0) is 54.5 Å². The topological polar surface area (TPSA) is 38.8 Å². The van der Waals surface area contributed by atoms with Crippen LogP contribution in [-0.2, 0) is 16.1 Å². The smallest absolute Gasteiger partial charge is 0.246 e. The maximum Gasteiger partial charge on any atom is 0.246 e. The standard InChI is InChI=1S/C22H27NO3S/c1-2-13-25-19-10-7-18(8-11-19)9-12-22(24)23(16-20-5-3-14-26-20)17-21-6-4-15-27-21/h4,6-12,15,20H,2-3,5,13-14,16-17H2,1H3/b12-9+. The molecule has 2 heterocycles. The van der Waals surface area contributed by atoms with Crippen molar-refractivity contribution in [1.82, 2.24) is 4.90 Å². The van der Waals surface area contributed by atoms with Crippen LogP contribution in [0.25, 0.3) is 6.08 Å². The second-order valence-electron chi connectivity index (χ2n) is 6.68. The van der Waals surface area contributed by atoms with Gasteiger partial charge in [-0.3, -0.25) is 4.79 Å². The highest BCUT2D eigenvalue weighted by atomic mass is 32.1. The van der Waals surface area contributed by atoms with Gasteiger partial charge in [0.2, 0.25) is 5.91 Å². The van der Waals surface area contributed by atoms with Crippen molar-refractivity contribution in [3.05, 3.63) is 58.3 Å². The van der Waals surface area contributed by atoms with Crippen LogP contribution in [0, 0.1) is 0 Å². The van der Waals surface area contributed by atoms with Crippen molar-refractivity contribution in [2.75, 3.05) is 19.8 Å². The summed E-state index contributed by atoms with van der Waals surface area (Å²) >= 11 is 1.68. The van der Waals surface area contributed by atoms with E-state index < -0.39 is 0 Å². The molecular weight excluding hydrogens is 358 g/mol. The molecule has 0 aliphatic carbocycles. The molecule has 0 radical (unpaired) electrons. The van der Waals surface area contributed by atoms with Gasteiger partial charge < -0.3 is 14.4 Å². The van der Waals surface area contributed by atoms with Crippen LogP contribution in [0.3, 0.4) is 0 Å². The fourth-order valence-electron chi connectivity index (χ4n) is 3.03. The molecular formula is C22H27NO3S. The van der Waals surface area contributed by atoms with Gasteiger partial charge in [-0.25, -0.2) is 0 Å². The minimum absolute atomic E-state index is 0.0187. The second-order valence-corrected chi connectivity index (χ2v) is 7.72. The first-order valence-electron chi connectivity index (χ1n) is 9.58. The molecule has 5 heteroatoms. The van der Waals surface area contributed by atoms with E-state index in [0.717, 1.165) is 37.2 Å². The number of thiophene rings is 1. The summed E-state index contributed by atoms with van der Waals surface area (Å²) in [7, 11) is 0. The van der Waals surface area contributed by atoms with Crippen LogP contribution in [0.2, 0.25) is 0 Å². The van der Waals surface area contributed by atoms with Crippen LogP contribution >= 0.6 is 11.3 Å². The Labute approximate surface area is 165 Å². The van der Waals surface area contributed by atoms with Gasteiger partial charge in [-0.1, -0.05) is 25.1 Å². The van der Waals surface area contributed by atoms with E-state index in [1.807, 2.05) is 46.7 Å². The minimum Gasteiger partial charge on any atom is -0.494 e. The van der Waals surface area contributed by atoms with Gasteiger partial charge in [-0.15, -0.1) is 11.3 Å². The Morgan fingerprint density at radius 2 is 2.19 bits per heavy atom. The van der Waals surface area contributed by atoms with Crippen LogP contribution in [0.5, 0.6) is 5.75 Å². The third-order valence-corrected chi connectivity index (χ3v) is 5.32. The van der Waals surface area contributed by atoms with Crippen molar-refractivity contribution < 1.29 is 14.3 Å². The average Bonchev–Trinajstić information content (AvgIpc) is 3.39. The maximum atomic E-state index is 12.8. The number of benzene rings is 1. The first-order chi connectivity index (χ1) is 13.2. The largest absolute Gasteiger partial charge is 0.494 e. The molecule has 1 aliphatic rings. The molecule has 0 saturated carbocycles. The van der Waals surface area contributed by atoms with Gasteiger partial charge >= 0.3 is 0 Å². The van der Waals surface area contributed by atoms with Crippen molar-refractivity contribution in [3.8, 4) is 5.75 Å². The van der Waals surface area contributed by atoms with Crippen molar-refractivity contribution in [2.45, 2.75) is 38.8 Å². The summed E-state index contributed by atoms with van der Waals surface area (Å²) in [5, 5.41) is 2.04. The number of amides is 1. The van der Waals surface area contributed by atoms with E-state index in [9.17, 15) is 4.79 Å². The average molecular weight is 386 g/mol. The van der Waals surface area contributed by atoms with Gasteiger partial charge in [0.1, 0.15) is 5.75 Å². The molecule has 1 aromatic carbocycles. The van der Waals surface area contributed by atoms with Gasteiger partial charge in [0.25, 0.3) is 0 Å². The highest BCUT2D eigenvalue weighted by molar-refractivity contribution is 7.09. The van der Waals surface area contributed by atoms with Gasteiger partial charge in [0.15, 0.2) is 0 Å². The SMILES string of the molecule is CCCOc1ccc(/C=C/C(=O)N(Cc2cccs2)CC2CCCO2)cc1. The molecule has 1 amide bonds. The molecule has 3 rings (SSSR count). The molecule has 144 valence electrons. The predicted octanol–water partition coefficient (Wildman–Crippen LogP) is 4.76. The predicted molar refractivity (Wildman–Crippen MR) is 110 cm³/mol. The number of carbonyl (C=O) groups excluding carboxylic acids is 1. The fraction of sp³-hybridized carbons (Fsp3) is 0.409. The van der Waals surface area contributed by atoms with Crippen LogP contribution < -0.4 is 4.74 Å². The summed E-state index contributed by atoms with van der Waals surface area (Å²) in [5.74, 6) is 0.878. The van der Waals surface area contributed by atoms with Crippen LogP contribution in [0.15, 0.2) is 47.9 Å². The highest BCUT2D eigenvalue weighted by Crippen LogP contribution is 2.18. The Kier molecular flexibility index (Phi) is 7.48. The van der Waals surface area contributed by atoms with Crippen molar-refractivity contribution >= 4 is 23.3 Å². The lowest BCUT2D eigenvalue weighted by molar-refractivity contribution is -0.128. The number of ether oxygens (including phenoxy) is 2. The molecule has 1 unspecified atom stereocenters. The molecule has 27 heavy (non-hydrogen) atoms. The van der Waals surface area contributed by atoms with Gasteiger partial charge in [-0.2, -0.15) is 0 Å². The number of hydrogen-bond donors (Lipinski definition) is 0. The maximum absolute atomic E-state index is 12.8. The zero-order valence-corrected chi connectivity index (χ0v) is 16.6. The fourth-order valence-corrected chi connectivity index (χ4v) is 3.74. The zero-order chi connectivity index (χ0) is 18.9. The molecule has 1 aromatic heterocycles. The van der Waals surface area contributed by atoms with E-state index in [-0.39, 0.29) is 12.0 Å². The van der Waals surface area contributed by atoms with Crippen molar-refractivity contribution in [3.63, 3.8) is 0 Å². The number of rotatable bonds is 9. The van der Waals surface area contributed by atoms with E-state index in [4.69, 9.17) is 9.47 Å². The van der Waals surface area contributed by atoms with Crippen LogP contribution in [0.4, 0.5) is 0 Å². The molecule has 1 aliphatic heterocycles. The van der Waals surface area contributed by atoms with Crippen LogP contribution in [0.1, 0.15) is 36.6 Å². The monoisotopic (exact) mass is 385 g/mol. The van der Waals surface area contributed by atoms with E-state index in [2.05, 4.69) is 13.0 Å². The molecule has 1 atom stereocenters. The van der Waals surface area contributed by atoms with E-state index in [1.165, 1.54) is 4.88 Å². The Hall–Kier alpha value is -2.11. The molecule has 0 N–H and O–H groups in total. The Balaban J connectivity index is 1.62. The highest BCUT2D eigenvalue weighted by Gasteiger charge is 2.21.